The minimum absolute atomic E-state index is 0.0953. The second kappa shape index (κ2) is 5.98. The van der Waals surface area contributed by atoms with E-state index in [1.165, 1.54) is 0 Å². The van der Waals surface area contributed by atoms with Crippen molar-refractivity contribution in [3.8, 4) is 0 Å². The maximum atomic E-state index is 12.7. The van der Waals surface area contributed by atoms with Crippen LogP contribution in [-0.4, -0.2) is 38.3 Å². The molecule has 3 heterocycles. The van der Waals surface area contributed by atoms with Crippen LogP contribution in [0.3, 0.4) is 0 Å². The van der Waals surface area contributed by atoms with E-state index in [-0.39, 0.29) is 18.2 Å². The van der Waals surface area contributed by atoms with Crippen molar-refractivity contribution in [2.75, 3.05) is 16.8 Å². The summed E-state index contributed by atoms with van der Waals surface area (Å²) in [6.45, 7) is 4.07. The molecule has 0 bridgehead atoms. The number of benzene rings is 1. The third-order valence-corrected chi connectivity index (χ3v) is 4.96. The number of hydrogen-bond donors (Lipinski definition) is 2. The normalized spacial score (nSPS) is 17.3. The summed E-state index contributed by atoms with van der Waals surface area (Å²) in [5.41, 5.74) is 3.23. The van der Waals surface area contributed by atoms with Crippen molar-refractivity contribution in [3.63, 3.8) is 0 Å². The topological polar surface area (TPSA) is 95.9 Å². The summed E-state index contributed by atoms with van der Waals surface area (Å²) in [5.74, 6) is -0.103. The first kappa shape index (κ1) is 16.3. The molecule has 1 aromatic carbocycles. The molecular formula is C18H20N6O2. The lowest BCUT2D eigenvalue weighted by Gasteiger charge is -2.14. The number of aryl methyl sites for hydroxylation is 2. The van der Waals surface area contributed by atoms with Crippen LogP contribution in [0.2, 0.25) is 0 Å². The Morgan fingerprint density at radius 2 is 2.08 bits per heavy atom. The number of aromatic amines is 1. The number of para-hydroxylation sites is 1. The second-order valence-corrected chi connectivity index (χ2v) is 6.66. The molecule has 1 aliphatic heterocycles. The maximum Gasteiger partial charge on any atom is 0.229 e. The van der Waals surface area contributed by atoms with E-state index in [1.54, 1.807) is 9.58 Å². The van der Waals surface area contributed by atoms with E-state index >= 15 is 0 Å². The quantitative estimate of drug-likeness (QED) is 0.752. The van der Waals surface area contributed by atoms with E-state index in [2.05, 4.69) is 20.6 Å². The molecule has 8 nitrogen and oxygen atoms in total. The van der Waals surface area contributed by atoms with Gasteiger partial charge in [0.15, 0.2) is 5.82 Å². The van der Waals surface area contributed by atoms with Crippen molar-refractivity contribution < 1.29 is 9.59 Å². The number of aromatic nitrogens is 4. The third-order valence-electron chi connectivity index (χ3n) is 4.96. The molecule has 1 saturated heterocycles. The van der Waals surface area contributed by atoms with E-state index in [1.807, 2.05) is 45.2 Å². The van der Waals surface area contributed by atoms with Crippen molar-refractivity contribution >= 4 is 34.2 Å². The Morgan fingerprint density at radius 1 is 1.31 bits per heavy atom. The van der Waals surface area contributed by atoms with Crippen LogP contribution < -0.4 is 10.2 Å². The summed E-state index contributed by atoms with van der Waals surface area (Å²) in [7, 11) is 1.83. The fraction of sp³-hybridized carbons (Fsp3) is 0.333. The summed E-state index contributed by atoms with van der Waals surface area (Å²) in [5, 5.41) is 15.3. The van der Waals surface area contributed by atoms with E-state index in [4.69, 9.17) is 0 Å². The summed E-state index contributed by atoms with van der Waals surface area (Å²) < 4.78 is 1.73. The van der Waals surface area contributed by atoms with Crippen molar-refractivity contribution in [2.45, 2.75) is 20.3 Å². The van der Waals surface area contributed by atoms with Gasteiger partial charge in [-0.25, -0.2) is 0 Å². The lowest BCUT2D eigenvalue weighted by atomic mass is 10.1. The smallest absolute Gasteiger partial charge is 0.229 e. The van der Waals surface area contributed by atoms with Crippen LogP contribution in [-0.2, 0) is 16.6 Å². The van der Waals surface area contributed by atoms with Gasteiger partial charge in [0.2, 0.25) is 11.8 Å². The van der Waals surface area contributed by atoms with E-state index < -0.39 is 5.92 Å². The van der Waals surface area contributed by atoms with Crippen LogP contribution >= 0.6 is 0 Å². The highest BCUT2D eigenvalue weighted by molar-refractivity contribution is 6.07. The number of carbonyl (C=O) groups excluding carboxylic acids is 2. The van der Waals surface area contributed by atoms with Gasteiger partial charge in [-0.05, 0) is 26.0 Å². The monoisotopic (exact) mass is 352 g/mol. The summed E-state index contributed by atoms with van der Waals surface area (Å²) in [4.78, 5) is 26.8. The third kappa shape index (κ3) is 2.54. The number of carbonyl (C=O) groups is 2. The average Bonchev–Trinajstić information content (AvgIpc) is 3.27. The Labute approximate surface area is 150 Å². The molecule has 0 spiro atoms. The fourth-order valence-corrected chi connectivity index (χ4v) is 3.42. The number of rotatable bonds is 3. The highest BCUT2D eigenvalue weighted by Gasteiger charge is 2.37. The lowest BCUT2D eigenvalue weighted by Crippen LogP contribution is -2.28. The zero-order valence-corrected chi connectivity index (χ0v) is 14.9. The molecule has 3 aromatic rings. The molecular weight excluding hydrogens is 332 g/mol. The largest absolute Gasteiger partial charge is 0.323 e. The standard InChI is InChI=1S/C18H20N6O2/c1-10-16(11(2)23(3)22-10)19-18(26)12-8-15(25)24(9-12)17-13-6-4-5-7-14(13)20-21-17/h4-7,12H,8-9H2,1-3H3,(H,19,26)(H,20,21)/t12-/m1/s1. The summed E-state index contributed by atoms with van der Waals surface area (Å²) >= 11 is 0. The molecule has 0 aliphatic carbocycles. The van der Waals surface area contributed by atoms with Gasteiger partial charge in [0, 0.05) is 25.4 Å². The molecule has 8 heteroatoms. The first-order valence-electron chi connectivity index (χ1n) is 8.50. The molecule has 2 aromatic heterocycles. The van der Waals surface area contributed by atoms with Crippen LogP contribution in [0.4, 0.5) is 11.5 Å². The number of anilines is 2. The van der Waals surface area contributed by atoms with Crippen LogP contribution in [0.5, 0.6) is 0 Å². The molecule has 0 saturated carbocycles. The number of fused-ring (bicyclic) bond motifs is 1. The summed E-state index contributed by atoms with van der Waals surface area (Å²) in [6, 6.07) is 7.63. The van der Waals surface area contributed by atoms with Gasteiger partial charge in [-0.2, -0.15) is 10.2 Å². The molecule has 2 N–H and O–H groups in total. The maximum absolute atomic E-state index is 12.7. The van der Waals surface area contributed by atoms with Crippen molar-refractivity contribution in [3.05, 3.63) is 35.7 Å². The zero-order valence-electron chi connectivity index (χ0n) is 14.9. The SMILES string of the molecule is Cc1nn(C)c(C)c1NC(=O)[C@@H]1CC(=O)N(c2n[nH]c3ccccc23)C1. The van der Waals surface area contributed by atoms with Crippen LogP contribution in [0, 0.1) is 19.8 Å². The first-order valence-corrected chi connectivity index (χ1v) is 8.50. The van der Waals surface area contributed by atoms with Gasteiger partial charge in [-0.3, -0.25) is 24.3 Å². The van der Waals surface area contributed by atoms with Crippen LogP contribution in [0.25, 0.3) is 10.9 Å². The molecule has 2 amide bonds. The van der Waals surface area contributed by atoms with Gasteiger partial charge < -0.3 is 5.32 Å². The van der Waals surface area contributed by atoms with Gasteiger partial charge in [0.25, 0.3) is 0 Å². The molecule has 0 unspecified atom stereocenters. The first-order chi connectivity index (χ1) is 12.5. The van der Waals surface area contributed by atoms with Gasteiger partial charge in [-0.15, -0.1) is 0 Å². The average molecular weight is 352 g/mol. The number of nitrogens with zero attached hydrogens (tertiary/aromatic N) is 4. The molecule has 1 atom stereocenters. The number of hydrogen-bond acceptors (Lipinski definition) is 4. The Morgan fingerprint density at radius 3 is 2.81 bits per heavy atom. The van der Waals surface area contributed by atoms with E-state index in [0.29, 0.717) is 18.1 Å². The van der Waals surface area contributed by atoms with E-state index in [0.717, 1.165) is 22.3 Å². The number of nitrogens with one attached hydrogen (secondary N) is 2. The minimum atomic E-state index is -0.419. The molecule has 4 rings (SSSR count). The molecule has 134 valence electrons. The molecule has 1 fully saturated rings. The number of H-pyrrole nitrogens is 1. The predicted molar refractivity (Wildman–Crippen MR) is 97.9 cm³/mol. The van der Waals surface area contributed by atoms with Crippen LogP contribution in [0.1, 0.15) is 17.8 Å². The Bertz CT molecular complexity index is 1020. The molecule has 0 radical (unpaired) electrons. The predicted octanol–water partition coefficient (Wildman–Crippen LogP) is 1.90. The highest BCUT2D eigenvalue weighted by Crippen LogP contribution is 2.30. The molecule has 26 heavy (non-hydrogen) atoms. The Kier molecular flexibility index (Phi) is 3.75. The van der Waals surface area contributed by atoms with Crippen molar-refractivity contribution in [2.24, 2.45) is 13.0 Å². The summed E-state index contributed by atoms with van der Waals surface area (Å²) in [6.07, 6.45) is 0.172. The van der Waals surface area contributed by atoms with Gasteiger partial charge in [-0.1, -0.05) is 12.1 Å². The van der Waals surface area contributed by atoms with Gasteiger partial charge >= 0.3 is 0 Å². The fourth-order valence-electron chi connectivity index (χ4n) is 3.42. The van der Waals surface area contributed by atoms with Gasteiger partial charge in [0.05, 0.1) is 28.5 Å². The van der Waals surface area contributed by atoms with Crippen LogP contribution in [0.15, 0.2) is 24.3 Å². The van der Waals surface area contributed by atoms with Gasteiger partial charge in [0.1, 0.15) is 0 Å². The second-order valence-electron chi connectivity index (χ2n) is 6.66. The lowest BCUT2D eigenvalue weighted by molar-refractivity contribution is -0.122. The molecule has 1 aliphatic rings. The van der Waals surface area contributed by atoms with E-state index in [9.17, 15) is 9.59 Å². The van der Waals surface area contributed by atoms with Crippen molar-refractivity contribution in [1.82, 2.24) is 20.0 Å². The van der Waals surface area contributed by atoms with Crippen molar-refractivity contribution in [1.29, 1.82) is 0 Å². The Balaban J connectivity index is 1.55. The number of amides is 2. The zero-order chi connectivity index (χ0) is 18.4. The minimum Gasteiger partial charge on any atom is -0.323 e. The highest BCUT2D eigenvalue weighted by atomic mass is 16.2. The Hall–Kier alpha value is -3.16.